The molecule has 0 spiro atoms. The first kappa shape index (κ1) is 19.1. The second-order valence-electron chi connectivity index (χ2n) is 8.23. The minimum atomic E-state index is -0.309. The molecule has 0 fully saturated rings. The number of carbonyl (C=O) groups excluding carboxylic acids is 1. The Labute approximate surface area is 169 Å². The molecule has 0 saturated carbocycles. The van der Waals surface area contributed by atoms with Crippen LogP contribution in [-0.2, 0) is 6.42 Å². The molecule has 0 amide bonds. The number of aromatic nitrogens is 2. The van der Waals surface area contributed by atoms with Crippen LogP contribution in [-0.4, -0.2) is 15.8 Å². The summed E-state index contributed by atoms with van der Waals surface area (Å²) in [5.74, 6) is 0.600. The van der Waals surface area contributed by atoms with Crippen molar-refractivity contribution in [2.24, 2.45) is 5.41 Å². The number of aryl methyl sites for hydroxylation is 1. The van der Waals surface area contributed by atoms with Gasteiger partial charge in [0, 0.05) is 17.8 Å². The lowest BCUT2D eigenvalue weighted by molar-refractivity contribution is 0.0911. The summed E-state index contributed by atoms with van der Waals surface area (Å²) in [6, 6.07) is 13.9. The van der Waals surface area contributed by atoms with E-state index >= 15 is 0 Å². The number of anilines is 4. The minimum absolute atomic E-state index is 0.0423. The number of carbonyl (C=O) groups is 1. The molecule has 148 valence electrons. The highest BCUT2D eigenvalue weighted by Crippen LogP contribution is 2.38. The molecule has 5 nitrogen and oxygen atoms in total. The van der Waals surface area contributed by atoms with Gasteiger partial charge in [0.2, 0.25) is 5.95 Å². The van der Waals surface area contributed by atoms with E-state index in [9.17, 15) is 9.18 Å². The summed E-state index contributed by atoms with van der Waals surface area (Å²) >= 11 is 0. The summed E-state index contributed by atoms with van der Waals surface area (Å²) in [6.45, 7) is 6.13. The number of ketones is 1. The van der Waals surface area contributed by atoms with Crippen molar-refractivity contribution < 1.29 is 9.18 Å². The molecule has 0 bridgehead atoms. The number of nitrogens with one attached hydrogen (secondary N) is 2. The standard InChI is InChI=1S/C23H23FN4O/c1-14-6-4-5-7-17(14)26-21-20-18(12-23(2,3)13-19(20)29)27-22(28-21)25-16-10-8-15(24)9-11-16/h4-11H,12-13H2,1-3H3,(H2,25,26,27,28). The first-order valence-corrected chi connectivity index (χ1v) is 9.60. The van der Waals surface area contributed by atoms with Crippen LogP contribution in [0.2, 0.25) is 0 Å². The summed E-state index contributed by atoms with van der Waals surface area (Å²) in [6.07, 6.45) is 1.13. The first-order chi connectivity index (χ1) is 13.8. The van der Waals surface area contributed by atoms with Crippen LogP contribution < -0.4 is 10.6 Å². The molecule has 3 aromatic rings. The van der Waals surface area contributed by atoms with E-state index in [0.717, 1.165) is 16.9 Å². The molecular weight excluding hydrogens is 367 g/mol. The molecule has 4 rings (SSSR count). The largest absolute Gasteiger partial charge is 0.339 e. The SMILES string of the molecule is Cc1ccccc1Nc1nc(Nc2ccc(F)cc2)nc2c1C(=O)CC(C)(C)C2. The van der Waals surface area contributed by atoms with E-state index in [2.05, 4.69) is 34.4 Å². The second kappa shape index (κ2) is 7.28. The van der Waals surface area contributed by atoms with Gasteiger partial charge in [-0.25, -0.2) is 9.37 Å². The molecule has 0 saturated heterocycles. The number of hydrogen-bond donors (Lipinski definition) is 2. The fourth-order valence-corrected chi connectivity index (χ4v) is 3.62. The normalized spacial score (nSPS) is 15.0. The topological polar surface area (TPSA) is 66.9 Å². The van der Waals surface area contributed by atoms with E-state index in [1.165, 1.54) is 12.1 Å². The summed E-state index contributed by atoms with van der Waals surface area (Å²) in [5.41, 5.74) is 3.73. The number of fused-ring (bicyclic) bond motifs is 1. The number of rotatable bonds is 4. The van der Waals surface area contributed by atoms with Gasteiger partial charge in [0.15, 0.2) is 5.78 Å². The highest BCUT2D eigenvalue weighted by molar-refractivity contribution is 6.03. The highest BCUT2D eigenvalue weighted by Gasteiger charge is 2.35. The van der Waals surface area contributed by atoms with Crippen molar-refractivity contribution in [2.75, 3.05) is 10.6 Å². The molecule has 1 aromatic heterocycles. The zero-order valence-electron chi connectivity index (χ0n) is 16.7. The number of nitrogens with zero attached hydrogens (tertiary/aromatic N) is 2. The second-order valence-corrected chi connectivity index (χ2v) is 8.23. The summed E-state index contributed by atoms with van der Waals surface area (Å²) in [7, 11) is 0. The molecule has 1 aliphatic carbocycles. The van der Waals surface area contributed by atoms with E-state index in [1.807, 2.05) is 31.2 Å². The lowest BCUT2D eigenvalue weighted by atomic mass is 9.75. The first-order valence-electron chi connectivity index (χ1n) is 9.60. The zero-order chi connectivity index (χ0) is 20.6. The lowest BCUT2D eigenvalue weighted by Gasteiger charge is -2.30. The van der Waals surface area contributed by atoms with Crippen molar-refractivity contribution in [3.05, 3.63) is 71.2 Å². The molecule has 0 atom stereocenters. The minimum Gasteiger partial charge on any atom is -0.339 e. The van der Waals surface area contributed by atoms with Gasteiger partial charge in [0.05, 0.1) is 11.3 Å². The van der Waals surface area contributed by atoms with Crippen molar-refractivity contribution in [3.63, 3.8) is 0 Å². The molecular formula is C23H23FN4O. The van der Waals surface area contributed by atoms with Crippen LogP contribution >= 0.6 is 0 Å². The van der Waals surface area contributed by atoms with Gasteiger partial charge in [0.25, 0.3) is 0 Å². The molecule has 2 aromatic carbocycles. The number of para-hydroxylation sites is 1. The van der Waals surface area contributed by atoms with Crippen LogP contribution in [0.5, 0.6) is 0 Å². The van der Waals surface area contributed by atoms with E-state index < -0.39 is 0 Å². The van der Waals surface area contributed by atoms with Gasteiger partial charge in [-0.15, -0.1) is 0 Å². The molecule has 1 aliphatic rings. The Kier molecular flexibility index (Phi) is 4.78. The zero-order valence-corrected chi connectivity index (χ0v) is 16.7. The Morgan fingerprint density at radius 2 is 1.69 bits per heavy atom. The average molecular weight is 390 g/mol. The van der Waals surface area contributed by atoms with Gasteiger partial charge in [-0.05, 0) is 54.7 Å². The number of halogens is 1. The third-order valence-electron chi connectivity index (χ3n) is 5.05. The molecule has 0 unspecified atom stereocenters. The quantitative estimate of drug-likeness (QED) is 0.610. The van der Waals surface area contributed by atoms with Gasteiger partial charge < -0.3 is 10.6 Å². The van der Waals surface area contributed by atoms with Crippen molar-refractivity contribution in [3.8, 4) is 0 Å². The third kappa shape index (κ3) is 4.11. The fraction of sp³-hybridized carbons (Fsp3) is 0.261. The fourth-order valence-electron chi connectivity index (χ4n) is 3.62. The van der Waals surface area contributed by atoms with Crippen LogP contribution in [0.25, 0.3) is 0 Å². The Hall–Kier alpha value is -3.28. The Morgan fingerprint density at radius 3 is 2.41 bits per heavy atom. The van der Waals surface area contributed by atoms with Crippen molar-refractivity contribution in [2.45, 2.75) is 33.6 Å². The number of benzene rings is 2. The van der Waals surface area contributed by atoms with Crippen LogP contribution in [0.3, 0.4) is 0 Å². The molecule has 0 radical (unpaired) electrons. The number of hydrogen-bond acceptors (Lipinski definition) is 5. The molecule has 29 heavy (non-hydrogen) atoms. The van der Waals surface area contributed by atoms with Crippen LogP contribution in [0.4, 0.5) is 27.5 Å². The maximum Gasteiger partial charge on any atom is 0.229 e. The van der Waals surface area contributed by atoms with Crippen molar-refractivity contribution >= 4 is 28.9 Å². The molecule has 0 aliphatic heterocycles. The number of Topliss-reactive ketones (excluding diaryl/α,β-unsaturated/α-hetero) is 1. The third-order valence-corrected chi connectivity index (χ3v) is 5.05. The monoisotopic (exact) mass is 390 g/mol. The van der Waals surface area contributed by atoms with Crippen molar-refractivity contribution in [1.29, 1.82) is 0 Å². The predicted molar refractivity (Wildman–Crippen MR) is 113 cm³/mol. The van der Waals surface area contributed by atoms with Gasteiger partial charge in [0.1, 0.15) is 11.6 Å². The Bertz CT molecular complexity index is 1080. The predicted octanol–water partition coefficient (Wildman–Crippen LogP) is 5.57. The summed E-state index contributed by atoms with van der Waals surface area (Å²) in [5, 5.41) is 6.45. The van der Waals surface area contributed by atoms with Gasteiger partial charge in [-0.2, -0.15) is 4.98 Å². The summed E-state index contributed by atoms with van der Waals surface area (Å²) < 4.78 is 13.2. The average Bonchev–Trinajstić information content (AvgIpc) is 2.64. The van der Waals surface area contributed by atoms with E-state index in [-0.39, 0.29) is 17.0 Å². The van der Waals surface area contributed by atoms with Crippen molar-refractivity contribution in [1.82, 2.24) is 9.97 Å². The molecule has 6 heteroatoms. The van der Waals surface area contributed by atoms with Gasteiger partial charge >= 0.3 is 0 Å². The van der Waals surface area contributed by atoms with Gasteiger partial charge in [-0.3, -0.25) is 4.79 Å². The maximum atomic E-state index is 13.2. The van der Waals surface area contributed by atoms with Crippen LogP contribution in [0, 0.1) is 18.2 Å². The van der Waals surface area contributed by atoms with E-state index in [1.54, 1.807) is 12.1 Å². The van der Waals surface area contributed by atoms with E-state index in [0.29, 0.717) is 35.9 Å². The Morgan fingerprint density at radius 1 is 0.966 bits per heavy atom. The van der Waals surface area contributed by atoms with Crippen LogP contribution in [0.15, 0.2) is 48.5 Å². The summed E-state index contributed by atoms with van der Waals surface area (Å²) in [4.78, 5) is 22.1. The van der Waals surface area contributed by atoms with Crippen LogP contribution in [0.1, 0.15) is 41.9 Å². The molecule has 1 heterocycles. The Balaban J connectivity index is 1.78. The lowest BCUT2D eigenvalue weighted by Crippen LogP contribution is -2.29. The highest BCUT2D eigenvalue weighted by atomic mass is 19.1. The smallest absolute Gasteiger partial charge is 0.229 e. The van der Waals surface area contributed by atoms with Gasteiger partial charge in [-0.1, -0.05) is 32.0 Å². The maximum absolute atomic E-state index is 13.2. The van der Waals surface area contributed by atoms with E-state index in [4.69, 9.17) is 0 Å². The molecule has 2 N–H and O–H groups in total.